The highest BCUT2D eigenvalue weighted by Gasteiger charge is 2.22. The Morgan fingerprint density at radius 1 is 1.00 bits per heavy atom. The lowest BCUT2D eigenvalue weighted by Crippen LogP contribution is -2.32. The number of esters is 1. The third-order valence-electron chi connectivity index (χ3n) is 4.69. The summed E-state index contributed by atoms with van der Waals surface area (Å²) < 4.78 is 49.5. The van der Waals surface area contributed by atoms with E-state index in [9.17, 15) is 27.2 Å². The Morgan fingerprint density at radius 3 is 2.15 bits per heavy atom. The van der Waals surface area contributed by atoms with E-state index < -0.39 is 46.7 Å². The van der Waals surface area contributed by atoms with Gasteiger partial charge in [0.15, 0.2) is 24.0 Å². The molecule has 0 bridgehead atoms. The van der Waals surface area contributed by atoms with Gasteiger partial charge in [-0.25, -0.2) is 12.8 Å². The van der Waals surface area contributed by atoms with Gasteiger partial charge in [0, 0.05) is 24.2 Å². The van der Waals surface area contributed by atoms with E-state index in [0.29, 0.717) is 13.1 Å². The molecule has 0 aliphatic carbocycles. The molecule has 178 valence electrons. The maximum absolute atomic E-state index is 13.7. The molecule has 0 spiro atoms. The molecule has 9 nitrogen and oxygen atoms in total. The highest BCUT2D eigenvalue weighted by atomic mass is 32.2. The van der Waals surface area contributed by atoms with E-state index in [1.54, 1.807) is 13.8 Å². The zero-order chi connectivity index (χ0) is 24.6. The van der Waals surface area contributed by atoms with Gasteiger partial charge in [0.1, 0.15) is 6.54 Å². The number of nitrogens with one attached hydrogen (secondary N) is 1. The van der Waals surface area contributed by atoms with Crippen molar-refractivity contribution >= 4 is 27.7 Å². The molecule has 0 aliphatic rings. The number of nitrogens with zero attached hydrogens (tertiary/aromatic N) is 1. The van der Waals surface area contributed by atoms with Crippen molar-refractivity contribution < 1.29 is 36.7 Å². The first-order chi connectivity index (χ1) is 15.6. The lowest BCUT2D eigenvalue weighted by molar-refractivity contribution is -0.141. The SMILES string of the molecule is CCN(CC)S(=O)(=O)c1ccc(C(=O)NCC(=O)OCC(=O)c2ccc(OC)c(F)c2)cc1. The van der Waals surface area contributed by atoms with Gasteiger partial charge in [-0.15, -0.1) is 0 Å². The molecule has 1 amide bonds. The van der Waals surface area contributed by atoms with Gasteiger partial charge in [0.05, 0.1) is 12.0 Å². The number of amides is 1. The Kier molecular flexibility index (Phi) is 9.06. The fourth-order valence-electron chi connectivity index (χ4n) is 2.87. The van der Waals surface area contributed by atoms with Gasteiger partial charge in [-0.1, -0.05) is 13.8 Å². The molecule has 11 heteroatoms. The molecule has 1 N–H and O–H groups in total. The largest absolute Gasteiger partial charge is 0.494 e. The van der Waals surface area contributed by atoms with Crippen molar-refractivity contribution in [2.75, 3.05) is 33.4 Å². The van der Waals surface area contributed by atoms with E-state index in [-0.39, 0.29) is 21.8 Å². The van der Waals surface area contributed by atoms with Crippen molar-refractivity contribution in [2.45, 2.75) is 18.7 Å². The molecule has 0 aromatic heterocycles. The monoisotopic (exact) mass is 480 g/mol. The molecule has 2 aromatic rings. The molecule has 0 fully saturated rings. The van der Waals surface area contributed by atoms with Crippen LogP contribution in [0.5, 0.6) is 5.75 Å². The van der Waals surface area contributed by atoms with E-state index >= 15 is 0 Å². The highest BCUT2D eigenvalue weighted by molar-refractivity contribution is 7.89. The predicted molar refractivity (Wildman–Crippen MR) is 117 cm³/mol. The minimum Gasteiger partial charge on any atom is -0.494 e. The van der Waals surface area contributed by atoms with Crippen molar-refractivity contribution in [3.8, 4) is 5.75 Å². The molecule has 0 saturated carbocycles. The molecule has 0 unspecified atom stereocenters. The van der Waals surface area contributed by atoms with Crippen LogP contribution in [-0.2, 0) is 19.6 Å². The number of benzene rings is 2. The predicted octanol–water partition coefficient (Wildman–Crippen LogP) is 2.02. The van der Waals surface area contributed by atoms with Crippen LogP contribution in [0.2, 0.25) is 0 Å². The van der Waals surface area contributed by atoms with Crippen LogP contribution in [0.1, 0.15) is 34.6 Å². The number of methoxy groups -OCH3 is 1. The number of hydrogen-bond acceptors (Lipinski definition) is 7. The van der Waals surface area contributed by atoms with Crippen LogP contribution in [0, 0.1) is 5.82 Å². The summed E-state index contributed by atoms with van der Waals surface area (Å²) in [5, 5.41) is 2.33. The number of carbonyl (C=O) groups excluding carboxylic acids is 3. The summed E-state index contributed by atoms with van der Waals surface area (Å²) >= 11 is 0. The lowest BCUT2D eigenvalue weighted by atomic mass is 10.1. The van der Waals surface area contributed by atoms with Crippen molar-refractivity contribution in [2.24, 2.45) is 0 Å². The number of halogens is 1. The minimum absolute atomic E-state index is 0.00453. The first-order valence-electron chi connectivity index (χ1n) is 10.0. The second-order valence-electron chi connectivity index (χ2n) is 6.73. The summed E-state index contributed by atoms with van der Waals surface area (Å²) in [6, 6.07) is 8.88. The van der Waals surface area contributed by atoms with Gasteiger partial charge in [0.25, 0.3) is 5.91 Å². The molecule has 0 heterocycles. The van der Waals surface area contributed by atoms with E-state index in [4.69, 9.17) is 9.47 Å². The van der Waals surface area contributed by atoms with Gasteiger partial charge < -0.3 is 14.8 Å². The van der Waals surface area contributed by atoms with Crippen LogP contribution in [0.15, 0.2) is 47.4 Å². The number of carbonyl (C=O) groups is 3. The second-order valence-corrected chi connectivity index (χ2v) is 8.67. The van der Waals surface area contributed by atoms with Gasteiger partial charge in [-0.3, -0.25) is 14.4 Å². The summed E-state index contributed by atoms with van der Waals surface area (Å²) in [7, 11) is -2.36. The van der Waals surface area contributed by atoms with Crippen molar-refractivity contribution in [3.05, 3.63) is 59.4 Å². The highest BCUT2D eigenvalue weighted by Crippen LogP contribution is 2.18. The lowest BCUT2D eigenvalue weighted by Gasteiger charge is -2.18. The Balaban J connectivity index is 1.88. The van der Waals surface area contributed by atoms with Gasteiger partial charge >= 0.3 is 5.97 Å². The molecule has 0 saturated heterocycles. The van der Waals surface area contributed by atoms with E-state index in [1.165, 1.54) is 47.8 Å². The maximum Gasteiger partial charge on any atom is 0.325 e. The number of hydrogen-bond donors (Lipinski definition) is 1. The van der Waals surface area contributed by atoms with Crippen LogP contribution in [0.4, 0.5) is 4.39 Å². The second kappa shape index (κ2) is 11.5. The summed E-state index contributed by atoms with van der Waals surface area (Å²) in [4.78, 5) is 36.1. The zero-order valence-electron chi connectivity index (χ0n) is 18.5. The fourth-order valence-corrected chi connectivity index (χ4v) is 4.32. The minimum atomic E-state index is -3.65. The van der Waals surface area contributed by atoms with Crippen molar-refractivity contribution in [1.82, 2.24) is 9.62 Å². The molecule has 0 atom stereocenters. The Bertz CT molecular complexity index is 1110. The Hall–Kier alpha value is -3.31. The van der Waals surface area contributed by atoms with Crippen LogP contribution in [-0.4, -0.2) is 63.7 Å². The zero-order valence-corrected chi connectivity index (χ0v) is 19.3. The molecular weight excluding hydrogens is 455 g/mol. The number of ketones is 1. The summed E-state index contributed by atoms with van der Waals surface area (Å²) in [6.45, 7) is 2.95. The topological polar surface area (TPSA) is 119 Å². The average Bonchev–Trinajstić information content (AvgIpc) is 2.81. The third kappa shape index (κ3) is 6.59. The Labute approximate surface area is 191 Å². The first-order valence-corrected chi connectivity index (χ1v) is 11.5. The van der Waals surface area contributed by atoms with Crippen LogP contribution >= 0.6 is 0 Å². The molecule has 2 rings (SSSR count). The van der Waals surface area contributed by atoms with Crippen LogP contribution in [0.25, 0.3) is 0 Å². The van der Waals surface area contributed by atoms with E-state index in [0.717, 1.165) is 6.07 Å². The first kappa shape index (κ1) is 25.9. The summed E-state index contributed by atoms with van der Waals surface area (Å²) in [5.74, 6) is -2.86. The summed E-state index contributed by atoms with van der Waals surface area (Å²) in [5.41, 5.74) is 0.149. The van der Waals surface area contributed by atoms with Crippen LogP contribution < -0.4 is 10.1 Å². The fraction of sp³-hybridized carbons (Fsp3) is 0.318. The molecule has 0 radical (unpaired) electrons. The molecule has 33 heavy (non-hydrogen) atoms. The average molecular weight is 481 g/mol. The van der Waals surface area contributed by atoms with Crippen LogP contribution in [0.3, 0.4) is 0 Å². The number of rotatable bonds is 11. The van der Waals surface area contributed by atoms with Gasteiger partial charge in [-0.05, 0) is 42.5 Å². The summed E-state index contributed by atoms with van der Waals surface area (Å²) in [6.07, 6.45) is 0. The number of ether oxygens (including phenoxy) is 2. The quantitative estimate of drug-likeness (QED) is 0.386. The molecule has 2 aromatic carbocycles. The van der Waals surface area contributed by atoms with Gasteiger partial charge in [0.2, 0.25) is 10.0 Å². The standard InChI is InChI=1S/C22H25FN2O7S/c1-4-25(5-2)33(29,30)17-9-6-15(7-10-17)22(28)24-13-21(27)32-14-19(26)16-8-11-20(31-3)18(23)12-16/h6-12H,4-5,13-14H2,1-3H3,(H,24,28). The molecular formula is C22H25FN2O7S. The van der Waals surface area contributed by atoms with E-state index in [2.05, 4.69) is 5.32 Å². The van der Waals surface area contributed by atoms with Crippen molar-refractivity contribution in [3.63, 3.8) is 0 Å². The smallest absolute Gasteiger partial charge is 0.325 e. The number of Topliss-reactive ketones (excluding diaryl/α,β-unsaturated/α-hetero) is 1. The molecule has 0 aliphatic heterocycles. The normalized spacial score (nSPS) is 11.2. The van der Waals surface area contributed by atoms with Gasteiger partial charge in [-0.2, -0.15) is 4.31 Å². The third-order valence-corrected chi connectivity index (χ3v) is 6.76. The van der Waals surface area contributed by atoms with Crippen molar-refractivity contribution in [1.29, 1.82) is 0 Å². The van der Waals surface area contributed by atoms with E-state index in [1.807, 2.05) is 0 Å². The maximum atomic E-state index is 13.7. The number of sulfonamides is 1. The Morgan fingerprint density at radius 2 is 1.61 bits per heavy atom.